The van der Waals surface area contributed by atoms with Crippen molar-refractivity contribution >= 4 is 29.1 Å². The van der Waals surface area contributed by atoms with E-state index in [-0.39, 0.29) is 88.3 Å². The Morgan fingerprint density at radius 2 is 1.47 bits per heavy atom. The minimum atomic E-state index is -1.62. The van der Waals surface area contributed by atoms with Crippen LogP contribution in [-0.2, 0) is 25.7 Å². The molecule has 3 N–H and O–H groups in total. The molecule has 0 bridgehead atoms. The van der Waals surface area contributed by atoms with Gasteiger partial charge in [-0.3, -0.25) is 25.0 Å². The first-order chi connectivity index (χ1) is 37.1. The maximum absolute atomic E-state index is 15.1. The number of hydrogen-bond donors (Lipinski definition) is 3. The van der Waals surface area contributed by atoms with Crippen LogP contribution in [0.2, 0.25) is 0 Å². The van der Waals surface area contributed by atoms with Gasteiger partial charge in [-0.05, 0) is 126 Å². The predicted molar refractivity (Wildman–Crippen MR) is 287 cm³/mol. The Labute approximate surface area is 441 Å². The molecule has 76 heavy (non-hydrogen) atoms. The van der Waals surface area contributed by atoms with Gasteiger partial charge in [0.15, 0.2) is 0 Å². The Hall–Kier alpha value is -7.54. The number of unbranched alkanes of at least 4 members (excludes halogenated alkanes) is 2. The number of carbonyl (C=O) groups is 1. The minimum Gasteiger partial charge on any atom is -0.459 e. The number of rotatable bonds is 27. The number of carbonyl (C=O) groups excluding carboxylic acids is 1. The first kappa shape index (κ1) is 54.7. The fraction of sp³-hybridized carbons (Fsp3) is 0.356. The Bertz CT molecular complexity index is 2860. The number of nitro benzene ring substituents is 2. The second-order valence-corrected chi connectivity index (χ2v) is 19.0. The molecule has 0 aromatic heterocycles. The van der Waals surface area contributed by atoms with Crippen LogP contribution in [0.3, 0.4) is 0 Å². The second-order valence-electron chi connectivity index (χ2n) is 19.0. The van der Waals surface area contributed by atoms with E-state index < -0.39 is 33.5 Å². The predicted octanol–water partition coefficient (Wildman–Crippen LogP) is 10.3. The largest absolute Gasteiger partial charge is 0.459 e. The van der Waals surface area contributed by atoms with Gasteiger partial charge in [0.25, 0.3) is 11.4 Å². The maximum Gasteiger partial charge on any atom is 0.269 e. The van der Waals surface area contributed by atoms with Gasteiger partial charge in [-0.1, -0.05) is 72.6 Å². The highest BCUT2D eigenvalue weighted by Crippen LogP contribution is 2.62. The summed E-state index contributed by atoms with van der Waals surface area (Å²) in [5.74, 6) is -1.56. The third kappa shape index (κ3) is 12.9. The van der Waals surface area contributed by atoms with E-state index in [1.54, 1.807) is 41.3 Å². The zero-order valence-corrected chi connectivity index (χ0v) is 42.3. The Balaban J connectivity index is 1.29. The second kappa shape index (κ2) is 26.3. The summed E-state index contributed by atoms with van der Waals surface area (Å²) in [7, 11) is 0. The summed E-state index contributed by atoms with van der Waals surface area (Å²) in [6.45, 7) is 3.86. The average Bonchev–Trinajstić information content (AvgIpc) is 3.54. The molecule has 0 unspecified atom stereocenters. The van der Waals surface area contributed by atoms with E-state index in [0.29, 0.717) is 59.8 Å². The van der Waals surface area contributed by atoms with Gasteiger partial charge in [0.1, 0.15) is 29.9 Å². The number of ether oxygens (including phenoxy) is 4. The van der Waals surface area contributed by atoms with E-state index in [1.165, 1.54) is 30.3 Å². The summed E-state index contributed by atoms with van der Waals surface area (Å²) < 4.78 is 27.0. The lowest BCUT2D eigenvalue weighted by atomic mass is 9.55. The van der Waals surface area contributed by atoms with E-state index in [4.69, 9.17) is 28.9 Å². The number of allylic oxidation sites excluding steroid dienone is 1. The molecular formula is C59H64N4O13. The SMILES string of the molecule is C=CCO[C@@]12Oc3ccc(Oc4ccc(-c5ccccc5)cc4)cc3[C@H]3[C@H](CCCCO)[C@@H](CCCCO)C=C(C(=NOCc4ccc([N+](=O)[O-])cc4)C[C@@H]1N(CCOCCO)C(=O)C=Cc1ccc([N+](=O)[O-])cc1)[C@H]32. The van der Waals surface area contributed by atoms with Crippen molar-refractivity contribution in [3.63, 3.8) is 0 Å². The number of non-ortho nitro benzene ring substituents is 2. The maximum atomic E-state index is 15.1. The molecular weight excluding hydrogens is 973 g/mol. The molecule has 1 fully saturated rings. The normalized spacial score (nSPS) is 21.0. The molecule has 1 saturated carbocycles. The van der Waals surface area contributed by atoms with Crippen LogP contribution in [-0.4, -0.2) is 99.7 Å². The molecule has 6 atom stereocenters. The molecule has 17 nitrogen and oxygen atoms in total. The van der Waals surface area contributed by atoms with Crippen LogP contribution in [0, 0.1) is 38.0 Å². The first-order valence-corrected chi connectivity index (χ1v) is 25.8. The van der Waals surface area contributed by atoms with Crippen LogP contribution < -0.4 is 9.47 Å². The van der Waals surface area contributed by atoms with E-state index in [2.05, 4.69) is 24.8 Å². The van der Waals surface area contributed by atoms with Gasteiger partial charge in [-0.25, -0.2) is 0 Å². The van der Waals surface area contributed by atoms with Gasteiger partial charge >= 0.3 is 0 Å². The van der Waals surface area contributed by atoms with Crippen LogP contribution in [0.15, 0.2) is 157 Å². The lowest BCUT2D eigenvalue weighted by Gasteiger charge is -2.60. The Kier molecular flexibility index (Phi) is 18.9. The van der Waals surface area contributed by atoms with Crippen molar-refractivity contribution in [2.75, 3.05) is 46.2 Å². The smallest absolute Gasteiger partial charge is 0.269 e. The van der Waals surface area contributed by atoms with Crippen molar-refractivity contribution < 1.29 is 53.7 Å². The Morgan fingerprint density at radius 3 is 2.14 bits per heavy atom. The fourth-order valence-electron chi connectivity index (χ4n) is 10.8. The van der Waals surface area contributed by atoms with Crippen molar-refractivity contribution in [2.24, 2.45) is 22.9 Å². The number of aliphatic hydroxyl groups excluding tert-OH is 3. The number of amides is 1. The quantitative estimate of drug-likeness (QED) is 0.0146. The van der Waals surface area contributed by atoms with Crippen LogP contribution in [0.1, 0.15) is 67.6 Å². The highest BCUT2D eigenvalue weighted by molar-refractivity contribution is 6.03. The highest BCUT2D eigenvalue weighted by atomic mass is 16.7. The first-order valence-electron chi connectivity index (χ1n) is 25.8. The third-order valence-electron chi connectivity index (χ3n) is 14.3. The van der Waals surface area contributed by atoms with Crippen molar-refractivity contribution in [1.82, 2.24) is 4.90 Å². The van der Waals surface area contributed by atoms with Gasteiger partial charge in [0, 0.05) is 68.0 Å². The summed E-state index contributed by atoms with van der Waals surface area (Å²) >= 11 is 0. The standard InChI is InChI=1S/C59H64N4O13/c1-2-34-73-59-55(61(30-35-72-36-33-66)56(67)29-18-41-14-21-46(22-15-41)62(68)69)39-53(60-74-40-42-16-23-47(24-17-42)63(70)71)51-37-45(12-6-8-31-64)50(13-7-9-32-65)57(58(51)59)52-38-49(27-28-54(52)76-59)75-48-25-19-44(20-26-48)43-10-4-3-5-11-43/h2-5,10-11,14-29,37-38,45,50,55,57-58,64-66H,1,6-9,12-13,30-36,39-40H2/t45-,50+,55-,57+,58+,59+/m0/s1. The number of oxime groups is 1. The van der Waals surface area contributed by atoms with Crippen molar-refractivity contribution in [3.8, 4) is 28.4 Å². The molecule has 1 amide bonds. The van der Waals surface area contributed by atoms with Crippen molar-refractivity contribution in [2.45, 2.75) is 69.3 Å². The van der Waals surface area contributed by atoms with Gasteiger partial charge in [0.2, 0.25) is 11.7 Å². The summed E-state index contributed by atoms with van der Waals surface area (Å²) in [6, 6.07) is 34.6. The number of nitro groups is 2. The number of benzene rings is 5. The highest BCUT2D eigenvalue weighted by Gasteiger charge is 2.65. The molecule has 0 spiro atoms. The molecule has 1 heterocycles. The molecule has 0 radical (unpaired) electrons. The fourth-order valence-corrected chi connectivity index (χ4v) is 10.8. The number of aliphatic hydroxyl groups is 3. The molecule has 0 saturated heterocycles. The van der Waals surface area contributed by atoms with Gasteiger partial charge in [-0.2, -0.15) is 0 Å². The van der Waals surface area contributed by atoms with Crippen LogP contribution in [0.25, 0.3) is 17.2 Å². The molecule has 8 rings (SSSR count). The molecule has 3 aliphatic rings. The van der Waals surface area contributed by atoms with Crippen molar-refractivity contribution in [1.29, 1.82) is 0 Å². The molecule has 2 aliphatic carbocycles. The van der Waals surface area contributed by atoms with E-state index in [0.717, 1.165) is 35.1 Å². The summed E-state index contributed by atoms with van der Waals surface area (Å²) in [6.07, 6.45) is 10.9. The molecule has 5 aromatic carbocycles. The monoisotopic (exact) mass is 1040 g/mol. The van der Waals surface area contributed by atoms with Crippen LogP contribution in [0.4, 0.5) is 11.4 Å². The van der Waals surface area contributed by atoms with Gasteiger partial charge < -0.3 is 44.0 Å². The molecule has 398 valence electrons. The molecule has 5 aromatic rings. The van der Waals surface area contributed by atoms with Crippen LogP contribution >= 0.6 is 0 Å². The van der Waals surface area contributed by atoms with E-state index in [1.807, 2.05) is 60.7 Å². The van der Waals surface area contributed by atoms with Gasteiger partial charge in [-0.15, -0.1) is 6.58 Å². The molecule has 1 aliphatic heterocycles. The van der Waals surface area contributed by atoms with Gasteiger partial charge in [0.05, 0.1) is 47.9 Å². The summed E-state index contributed by atoms with van der Waals surface area (Å²) in [4.78, 5) is 44.9. The molecule has 17 heteroatoms. The zero-order valence-electron chi connectivity index (χ0n) is 42.3. The summed E-state index contributed by atoms with van der Waals surface area (Å²) in [5.41, 5.74) is 5.29. The third-order valence-corrected chi connectivity index (χ3v) is 14.3. The zero-order chi connectivity index (χ0) is 53.4. The minimum absolute atomic E-state index is 0.0104. The Morgan fingerprint density at radius 1 is 0.803 bits per heavy atom. The van der Waals surface area contributed by atoms with E-state index in [9.17, 15) is 35.5 Å². The van der Waals surface area contributed by atoms with Crippen molar-refractivity contribution in [3.05, 3.63) is 189 Å². The number of hydrogen-bond acceptors (Lipinski definition) is 14. The number of nitrogens with zero attached hydrogens (tertiary/aromatic N) is 4. The number of fused-ring (bicyclic) bond motifs is 2. The summed E-state index contributed by atoms with van der Waals surface area (Å²) in [5, 5.41) is 57.7. The van der Waals surface area contributed by atoms with Crippen LogP contribution in [0.5, 0.6) is 17.2 Å². The average molecular weight is 1040 g/mol. The lowest BCUT2D eigenvalue weighted by molar-refractivity contribution is -0.385. The van der Waals surface area contributed by atoms with E-state index >= 15 is 4.79 Å². The lowest BCUT2D eigenvalue weighted by Crippen LogP contribution is -2.70. The topological polar surface area (TPSA) is 226 Å².